The molecular formula is C13H17N3O. The summed E-state index contributed by atoms with van der Waals surface area (Å²) in [5.41, 5.74) is 9.18. The Kier molecular flexibility index (Phi) is 2.42. The predicted molar refractivity (Wildman–Crippen MR) is 66.5 cm³/mol. The smallest absolute Gasteiger partial charge is 0.317 e. The van der Waals surface area contributed by atoms with E-state index in [9.17, 15) is 4.79 Å². The van der Waals surface area contributed by atoms with Crippen LogP contribution in [0.4, 0.5) is 10.5 Å². The van der Waals surface area contributed by atoms with E-state index in [0.717, 1.165) is 31.5 Å². The third-order valence-corrected chi connectivity index (χ3v) is 3.49. The second kappa shape index (κ2) is 3.95. The summed E-state index contributed by atoms with van der Waals surface area (Å²) in [6.45, 7) is 1.44. The summed E-state index contributed by atoms with van der Waals surface area (Å²) in [5, 5.41) is 3.02. The number of anilines is 1. The molecule has 3 N–H and O–H groups in total. The molecule has 1 heterocycles. The van der Waals surface area contributed by atoms with Crippen molar-refractivity contribution >= 4 is 11.7 Å². The molecule has 1 fully saturated rings. The lowest BCUT2D eigenvalue weighted by atomic mass is 9.98. The number of hydrogen-bond acceptors (Lipinski definition) is 2. The van der Waals surface area contributed by atoms with Gasteiger partial charge in [0.2, 0.25) is 0 Å². The van der Waals surface area contributed by atoms with Gasteiger partial charge in [0, 0.05) is 24.8 Å². The highest BCUT2D eigenvalue weighted by atomic mass is 16.2. The van der Waals surface area contributed by atoms with Crippen LogP contribution in [-0.2, 0) is 13.0 Å². The van der Waals surface area contributed by atoms with Crippen LogP contribution in [0.3, 0.4) is 0 Å². The molecule has 1 aromatic carbocycles. The zero-order valence-corrected chi connectivity index (χ0v) is 9.78. The van der Waals surface area contributed by atoms with Crippen LogP contribution in [0, 0.1) is 0 Å². The van der Waals surface area contributed by atoms with Gasteiger partial charge in [-0.05, 0) is 36.5 Å². The van der Waals surface area contributed by atoms with Crippen molar-refractivity contribution in [3.8, 4) is 0 Å². The fourth-order valence-corrected chi connectivity index (χ4v) is 2.31. The van der Waals surface area contributed by atoms with Crippen molar-refractivity contribution in [2.24, 2.45) is 0 Å². The minimum absolute atomic E-state index is 0.0700. The van der Waals surface area contributed by atoms with E-state index >= 15 is 0 Å². The Labute approximate surface area is 101 Å². The van der Waals surface area contributed by atoms with Gasteiger partial charge in [-0.2, -0.15) is 0 Å². The van der Waals surface area contributed by atoms with E-state index in [1.54, 1.807) is 0 Å². The summed E-state index contributed by atoms with van der Waals surface area (Å²) in [4.78, 5) is 13.8. The van der Waals surface area contributed by atoms with Crippen LogP contribution in [0.5, 0.6) is 0 Å². The number of nitrogen functional groups attached to an aromatic ring is 1. The number of hydrogen-bond donors (Lipinski definition) is 2. The number of rotatable bonds is 1. The maximum Gasteiger partial charge on any atom is 0.317 e. The molecule has 0 spiro atoms. The summed E-state index contributed by atoms with van der Waals surface area (Å²) in [7, 11) is 0. The number of amides is 2. The largest absolute Gasteiger partial charge is 0.398 e. The van der Waals surface area contributed by atoms with E-state index in [0.29, 0.717) is 12.6 Å². The lowest BCUT2D eigenvalue weighted by Gasteiger charge is -2.29. The minimum atomic E-state index is 0.0700. The van der Waals surface area contributed by atoms with Gasteiger partial charge in [-0.1, -0.05) is 12.1 Å². The molecule has 0 aromatic heterocycles. The van der Waals surface area contributed by atoms with Gasteiger partial charge in [0.05, 0.1) is 0 Å². The molecule has 0 unspecified atom stereocenters. The summed E-state index contributed by atoms with van der Waals surface area (Å²) in [5.74, 6) is 0. The van der Waals surface area contributed by atoms with Crippen molar-refractivity contribution < 1.29 is 4.79 Å². The number of nitrogens with two attached hydrogens (primary N) is 1. The Morgan fingerprint density at radius 3 is 3.00 bits per heavy atom. The van der Waals surface area contributed by atoms with Crippen LogP contribution in [0.2, 0.25) is 0 Å². The van der Waals surface area contributed by atoms with Gasteiger partial charge in [-0.15, -0.1) is 0 Å². The zero-order valence-electron chi connectivity index (χ0n) is 9.78. The normalized spacial score (nSPS) is 18.7. The monoisotopic (exact) mass is 231 g/mol. The first kappa shape index (κ1) is 10.4. The third kappa shape index (κ3) is 2.07. The van der Waals surface area contributed by atoms with Gasteiger partial charge < -0.3 is 16.0 Å². The quantitative estimate of drug-likeness (QED) is 0.720. The van der Waals surface area contributed by atoms with E-state index < -0.39 is 0 Å². The summed E-state index contributed by atoms with van der Waals surface area (Å²) in [6, 6.07) is 6.43. The van der Waals surface area contributed by atoms with Crippen LogP contribution < -0.4 is 11.1 Å². The molecular weight excluding hydrogens is 214 g/mol. The molecule has 2 amide bonds. The summed E-state index contributed by atoms with van der Waals surface area (Å²) < 4.78 is 0. The van der Waals surface area contributed by atoms with Crippen molar-refractivity contribution in [3.05, 3.63) is 29.3 Å². The molecule has 1 aromatic rings. The van der Waals surface area contributed by atoms with Gasteiger partial charge in [0.15, 0.2) is 0 Å². The van der Waals surface area contributed by atoms with Gasteiger partial charge in [-0.25, -0.2) is 4.79 Å². The molecule has 1 aliphatic carbocycles. The van der Waals surface area contributed by atoms with Crippen molar-refractivity contribution in [2.45, 2.75) is 31.8 Å². The average Bonchev–Trinajstić information content (AvgIpc) is 3.13. The molecule has 0 atom stereocenters. The number of nitrogens with one attached hydrogen (secondary N) is 1. The van der Waals surface area contributed by atoms with Crippen LogP contribution >= 0.6 is 0 Å². The summed E-state index contributed by atoms with van der Waals surface area (Å²) >= 11 is 0. The highest BCUT2D eigenvalue weighted by Gasteiger charge is 2.27. The Morgan fingerprint density at radius 2 is 2.24 bits per heavy atom. The van der Waals surface area contributed by atoms with Gasteiger partial charge in [0.25, 0.3) is 0 Å². The van der Waals surface area contributed by atoms with Crippen LogP contribution in [0.15, 0.2) is 18.2 Å². The van der Waals surface area contributed by atoms with Crippen molar-refractivity contribution in [1.29, 1.82) is 0 Å². The van der Waals surface area contributed by atoms with Crippen molar-refractivity contribution in [2.75, 3.05) is 12.3 Å². The maximum absolute atomic E-state index is 11.9. The van der Waals surface area contributed by atoms with E-state index in [2.05, 4.69) is 11.4 Å². The van der Waals surface area contributed by atoms with Gasteiger partial charge in [0.1, 0.15) is 0 Å². The molecule has 4 heteroatoms. The second-order valence-electron chi connectivity index (χ2n) is 4.88. The highest BCUT2D eigenvalue weighted by molar-refractivity contribution is 5.75. The van der Waals surface area contributed by atoms with E-state index in [1.165, 1.54) is 11.1 Å². The number of urea groups is 1. The molecule has 1 aliphatic heterocycles. The standard InChI is InChI=1S/C13H17N3O/c14-12-3-1-2-9-8-16(7-6-11(9)12)13(17)15-10-4-5-10/h1-3,10H,4-8,14H2,(H,15,17). The fraction of sp³-hybridized carbons (Fsp3) is 0.462. The molecule has 0 bridgehead atoms. The van der Waals surface area contributed by atoms with Crippen LogP contribution in [-0.4, -0.2) is 23.5 Å². The van der Waals surface area contributed by atoms with Crippen molar-refractivity contribution in [3.63, 3.8) is 0 Å². The number of nitrogens with zero attached hydrogens (tertiary/aromatic N) is 1. The number of benzene rings is 1. The van der Waals surface area contributed by atoms with E-state index in [4.69, 9.17) is 5.73 Å². The number of carbonyl (C=O) groups is 1. The lowest BCUT2D eigenvalue weighted by Crippen LogP contribution is -2.43. The SMILES string of the molecule is Nc1cccc2c1CCN(C(=O)NC1CC1)C2. The number of carbonyl (C=O) groups excluding carboxylic acids is 1. The molecule has 0 saturated heterocycles. The summed E-state index contributed by atoms with van der Waals surface area (Å²) in [6.07, 6.45) is 3.12. The first-order valence-corrected chi connectivity index (χ1v) is 6.16. The Balaban J connectivity index is 1.73. The minimum Gasteiger partial charge on any atom is -0.398 e. The fourth-order valence-electron chi connectivity index (χ4n) is 2.31. The molecule has 17 heavy (non-hydrogen) atoms. The Hall–Kier alpha value is -1.71. The second-order valence-corrected chi connectivity index (χ2v) is 4.88. The molecule has 3 rings (SSSR count). The molecule has 4 nitrogen and oxygen atoms in total. The molecule has 1 saturated carbocycles. The average molecular weight is 231 g/mol. The van der Waals surface area contributed by atoms with Crippen molar-refractivity contribution in [1.82, 2.24) is 10.2 Å². The van der Waals surface area contributed by atoms with Crippen LogP contribution in [0.25, 0.3) is 0 Å². The topological polar surface area (TPSA) is 58.4 Å². The van der Waals surface area contributed by atoms with Crippen LogP contribution in [0.1, 0.15) is 24.0 Å². The maximum atomic E-state index is 11.9. The molecule has 0 radical (unpaired) electrons. The Morgan fingerprint density at radius 1 is 1.41 bits per heavy atom. The molecule has 2 aliphatic rings. The molecule has 90 valence electrons. The van der Waals surface area contributed by atoms with Gasteiger partial charge in [-0.3, -0.25) is 0 Å². The zero-order chi connectivity index (χ0) is 11.8. The predicted octanol–water partition coefficient (Wildman–Crippen LogP) is 1.50. The highest BCUT2D eigenvalue weighted by Crippen LogP contribution is 2.25. The van der Waals surface area contributed by atoms with E-state index in [-0.39, 0.29) is 6.03 Å². The Bertz CT molecular complexity index is 454. The van der Waals surface area contributed by atoms with Gasteiger partial charge >= 0.3 is 6.03 Å². The first-order chi connectivity index (χ1) is 8.24. The first-order valence-electron chi connectivity index (χ1n) is 6.16. The lowest BCUT2D eigenvalue weighted by molar-refractivity contribution is 0.192. The third-order valence-electron chi connectivity index (χ3n) is 3.49. The van der Waals surface area contributed by atoms with E-state index in [1.807, 2.05) is 17.0 Å². The number of fused-ring (bicyclic) bond motifs is 1.